The van der Waals surface area contributed by atoms with Crippen LogP contribution in [0.15, 0.2) is 59.5 Å². The molecule has 0 aliphatic carbocycles. The van der Waals surface area contributed by atoms with Gasteiger partial charge in [-0.05, 0) is 31.5 Å². The first kappa shape index (κ1) is 29.4. The number of rotatable bonds is 17. The maximum absolute atomic E-state index is 12.7. The molecule has 0 saturated carbocycles. The second-order valence-corrected chi connectivity index (χ2v) is 9.72. The summed E-state index contributed by atoms with van der Waals surface area (Å²) in [5.74, 6) is -2.58. The fraction of sp³-hybridized carbons (Fsp3) is 0.440. The van der Waals surface area contributed by atoms with E-state index in [9.17, 15) is 28.2 Å². The van der Waals surface area contributed by atoms with E-state index in [1.54, 1.807) is 36.4 Å². The zero-order valence-electron chi connectivity index (χ0n) is 20.4. The molecule has 0 spiro atoms. The molecule has 2 aromatic carbocycles. The van der Waals surface area contributed by atoms with E-state index >= 15 is 0 Å². The van der Waals surface area contributed by atoms with E-state index in [2.05, 4.69) is 0 Å². The van der Waals surface area contributed by atoms with Crippen LogP contribution in [0.3, 0.4) is 0 Å². The van der Waals surface area contributed by atoms with Crippen LogP contribution in [0.2, 0.25) is 0 Å². The zero-order valence-corrected chi connectivity index (χ0v) is 21.2. The van der Waals surface area contributed by atoms with Crippen LogP contribution in [0.1, 0.15) is 24.5 Å². The molecule has 0 bridgehead atoms. The number of hydrogen-bond acceptors (Lipinski definition) is 8. The molecule has 0 heterocycles. The Balaban J connectivity index is 2.25. The Morgan fingerprint density at radius 3 is 2.25 bits per heavy atom. The number of nitrogens with zero attached hydrogens (tertiary/aromatic N) is 1. The maximum Gasteiger partial charge on any atom is 0.321 e. The van der Waals surface area contributed by atoms with E-state index in [-0.39, 0.29) is 31.2 Å². The molecular formula is C25H33NO9S. The number of carbonyl (C=O) groups is 2. The minimum Gasteiger partial charge on any atom is -0.481 e. The van der Waals surface area contributed by atoms with Gasteiger partial charge in [0.1, 0.15) is 6.04 Å². The van der Waals surface area contributed by atoms with E-state index < -0.39 is 47.2 Å². The topological polar surface area (TPSA) is 140 Å². The summed E-state index contributed by atoms with van der Waals surface area (Å²) in [5.41, 5.74) is 1.65. The number of carboxylic acid groups (broad SMARTS) is 2. The van der Waals surface area contributed by atoms with Crippen LogP contribution < -0.4 is 0 Å². The number of aryl methyl sites for hydroxylation is 1. The van der Waals surface area contributed by atoms with Gasteiger partial charge in [-0.15, -0.1) is 0 Å². The van der Waals surface area contributed by atoms with Crippen LogP contribution in [-0.4, -0.2) is 80.6 Å². The lowest BCUT2D eigenvalue weighted by molar-refractivity contribution is -0.151. The fourth-order valence-corrected chi connectivity index (χ4v) is 4.37. The van der Waals surface area contributed by atoms with E-state index in [0.717, 1.165) is 11.1 Å². The molecule has 0 aliphatic rings. The summed E-state index contributed by atoms with van der Waals surface area (Å²) in [6, 6.07) is 13.8. The Hall–Kier alpha value is -2.83. The normalized spacial score (nSPS) is 13.4. The van der Waals surface area contributed by atoms with Gasteiger partial charge in [0.25, 0.3) is 10.1 Å². The van der Waals surface area contributed by atoms with Crippen molar-refractivity contribution in [2.24, 2.45) is 0 Å². The van der Waals surface area contributed by atoms with E-state index in [4.69, 9.17) is 13.7 Å². The van der Waals surface area contributed by atoms with Gasteiger partial charge in [-0.25, -0.2) is 0 Å². The molecule has 2 atom stereocenters. The van der Waals surface area contributed by atoms with Crippen LogP contribution in [-0.2, 0) is 39.9 Å². The Bertz CT molecular complexity index is 1060. The van der Waals surface area contributed by atoms with Crippen molar-refractivity contribution in [2.75, 3.05) is 33.0 Å². The lowest BCUT2D eigenvalue weighted by Gasteiger charge is -2.31. The van der Waals surface area contributed by atoms with E-state index in [1.807, 2.05) is 19.9 Å². The number of carboxylic acids is 2. The van der Waals surface area contributed by atoms with Gasteiger partial charge in [-0.2, -0.15) is 8.42 Å². The SMILES string of the molecule is CCOCCO[C@@H](COS(=O)(=O)c1ccc(C)cc1)CN(Cc1ccccc1)[C@@H](CC(=O)O)C(=O)O. The van der Waals surface area contributed by atoms with Crippen LogP contribution in [0.5, 0.6) is 0 Å². The van der Waals surface area contributed by atoms with Crippen molar-refractivity contribution in [3.63, 3.8) is 0 Å². The minimum absolute atomic E-state index is 0.0170. The number of benzene rings is 2. The van der Waals surface area contributed by atoms with Gasteiger partial charge in [0.2, 0.25) is 0 Å². The zero-order chi connectivity index (χ0) is 26.6. The van der Waals surface area contributed by atoms with Crippen LogP contribution in [0.4, 0.5) is 0 Å². The third kappa shape index (κ3) is 10.0. The largest absolute Gasteiger partial charge is 0.481 e. The van der Waals surface area contributed by atoms with Crippen LogP contribution in [0.25, 0.3) is 0 Å². The number of hydrogen-bond donors (Lipinski definition) is 2. The molecule has 0 saturated heterocycles. The molecular weight excluding hydrogens is 490 g/mol. The first-order valence-electron chi connectivity index (χ1n) is 11.5. The van der Waals surface area contributed by atoms with Gasteiger partial charge in [0.15, 0.2) is 0 Å². The van der Waals surface area contributed by atoms with Crippen molar-refractivity contribution in [2.45, 2.75) is 43.9 Å². The van der Waals surface area contributed by atoms with Crippen molar-refractivity contribution in [3.8, 4) is 0 Å². The summed E-state index contributed by atoms with van der Waals surface area (Å²) >= 11 is 0. The molecule has 0 aromatic heterocycles. The first-order chi connectivity index (χ1) is 17.1. The third-order valence-corrected chi connectivity index (χ3v) is 6.56. The highest BCUT2D eigenvalue weighted by molar-refractivity contribution is 7.86. The molecule has 11 heteroatoms. The standard InChI is InChI=1S/C25H33NO9S/c1-3-33-13-14-34-21(18-35-36(31,32)22-11-9-19(2)10-12-22)17-26(16-20-7-5-4-6-8-20)23(25(29)30)15-24(27)28/h4-12,21,23H,3,13-18H2,1-2H3,(H,27,28)(H,29,30)/t21-,23+/m1/s1. The molecule has 2 N–H and O–H groups in total. The summed E-state index contributed by atoms with van der Waals surface area (Å²) in [4.78, 5) is 24.8. The Kier molecular flexibility index (Phi) is 12.0. The molecule has 0 aliphatic heterocycles. The van der Waals surface area contributed by atoms with Gasteiger partial charge in [-0.1, -0.05) is 48.0 Å². The molecule has 36 heavy (non-hydrogen) atoms. The smallest absolute Gasteiger partial charge is 0.321 e. The van der Waals surface area contributed by atoms with E-state index in [0.29, 0.717) is 6.61 Å². The summed E-state index contributed by atoms with van der Waals surface area (Å²) < 4.78 is 41.7. The van der Waals surface area contributed by atoms with Gasteiger partial charge < -0.3 is 19.7 Å². The molecule has 10 nitrogen and oxygen atoms in total. The van der Waals surface area contributed by atoms with Crippen molar-refractivity contribution in [1.29, 1.82) is 0 Å². The Morgan fingerprint density at radius 1 is 1.00 bits per heavy atom. The summed E-state index contributed by atoms with van der Waals surface area (Å²) in [7, 11) is -4.10. The van der Waals surface area contributed by atoms with Crippen molar-refractivity contribution in [3.05, 3.63) is 65.7 Å². The van der Waals surface area contributed by atoms with Crippen LogP contribution >= 0.6 is 0 Å². The average molecular weight is 524 g/mol. The summed E-state index contributed by atoms with van der Waals surface area (Å²) in [6.07, 6.45) is -1.53. The minimum atomic E-state index is -4.10. The number of ether oxygens (including phenoxy) is 2. The monoisotopic (exact) mass is 523 g/mol. The van der Waals surface area contributed by atoms with E-state index in [1.165, 1.54) is 17.0 Å². The highest BCUT2D eigenvalue weighted by Gasteiger charge is 2.31. The predicted molar refractivity (Wildman–Crippen MR) is 131 cm³/mol. The van der Waals surface area contributed by atoms with Crippen LogP contribution in [0, 0.1) is 6.92 Å². The first-order valence-corrected chi connectivity index (χ1v) is 12.9. The quantitative estimate of drug-likeness (QED) is 0.235. The lowest BCUT2D eigenvalue weighted by Crippen LogP contribution is -2.47. The molecule has 198 valence electrons. The second-order valence-electron chi connectivity index (χ2n) is 8.11. The van der Waals surface area contributed by atoms with Gasteiger partial charge in [0, 0.05) is 19.7 Å². The Morgan fingerprint density at radius 2 is 1.67 bits per heavy atom. The molecule has 2 aromatic rings. The molecule has 0 radical (unpaired) electrons. The highest BCUT2D eigenvalue weighted by Crippen LogP contribution is 2.17. The summed E-state index contributed by atoms with van der Waals surface area (Å²) in [6.45, 7) is 4.10. The lowest BCUT2D eigenvalue weighted by atomic mass is 10.1. The van der Waals surface area contributed by atoms with Crippen molar-refractivity contribution < 1.29 is 41.9 Å². The van der Waals surface area contributed by atoms with Crippen molar-refractivity contribution in [1.82, 2.24) is 4.90 Å². The van der Waals surface area contributed by atoms with Gasteiger partial charge >= 0.3 is 11.9 Å². The molecule has 0 amide bonds. The maximum atomic E-state index is 12.7. The average Bonchev–Trinajstić information content (AvgIpc) is 2.83. The number of aliphatic carboxylic acids is 2. The second kappa shape index (κ2) is 14.7. The third-order valence-electron chi connectivity index (χ3n) is 5.26. The highest BCUT2D eigenvalue weighted by atomic mass is 32.2. The van der Waals surface area contributed by atoms with Gasteiger partial charge in [0.05, 0.1) is 37.2 Å². The molecule has 0 unspecified atom stereocenters. The fourth-order valence-electron chi connectivity index (χ4n) is 3.43. The molecule has 0 fully saturated rings. The predicted octanol–water partition coefficient (Wildman–Crippen LogP) is 2.55. The van der Waals surface area contributed by atoms with Gasteiger partial charge in [-0.3, -0.25) is 18.7 Å². The molecule has 2 rings (SSSR count). The Labute approximate surface area is 211 Å². The summed E-state index contributed by atoms with van der Waals surface area (Å²) in [5, 5.41) is 19.1. The van der Waals surface area contributed by atoms with Crippen molar-refractivity contribution >= 4 is 22.1 Å².